The SMILES string of the molecule is C[C@]12CCC(N)CC1CC[C@@H]1[C@H]2CC[C@]2(C)C([N+](=O)[O-])CC[C@@H]12.Cl. The Kier molecular flexibility index (Phi) is 4.70. The van der Waals surface area contributed by atoms with E-state index in [0.717, 1.165) is 37.0 Å². The first kappa shape index (κ1) is 18.4. The highest BCUT2D eigenvalue weighted by Gasteiger charge is 2.63. The molecule has 5 heteroatoms. The summed E-state index contributed by atoms with van der Waals surface area (Å²) < 4.78 is 0. The lowest BCUT2D eigenvalue weighted by Crippen LogP contribution is -2.55. The zero-order chi connectivity index (χ0) is 16.4. The summed E-state index contributed by atoms with van der Waals surface area (Å²) >= 11 is 0. The molecular weight excluding hydrogens is 324 g/mol. The number of hydrogen-bond acceptors (Lipinski definition) is 3. The Hall–Kier alpha value is -0.350. The summed E-state index contributed by atoms with van der Waals surface area (Å²) in [5.74, 6) is 2.90. The predicted octanol–water partition coefficient (Wildman–Crippen LogP) is 4.42. The fraction of sp³-hybridized carbons (Fsp3) is 1.00. The highest BCUT2D eigenvalue weighted by atomic mass is 35.5. The average molecular weight is 357 g/mol. The minimum Gasteiger partial charge on any atom is -0.328 e. The number of nitrogens with two attached hydrogens (primary N) is 1. The van der Waals surface area contributed by atoms with E-state index in [2.05, 4.69) is 13.8 Å². The van der Waals surface area contributed by atoms with Gasteiger partial charge in [0, 0.05) is 22.8 Å². The molecule has 0 aliphatic heterocycles. The summed E-state index contributed by atoms with van der Waals surface area (Å²) in [4.78, 5) is 11.6. The molecule has 0 spiro atoms. The Morgan fingerprint density at radius 3 is 2.33 bits per heavy atom. The smallest absolute Gasteiger partial charge is 0.218 e. The lowest BCUT2D eigenvalue weighted by Gasteiger charge is -2.60. The van der Waals surface area contributed by atoms with Crippen molar-refractivity contribution in [3.63, 3.8) is 0 Å². The number of hydrogen-bond donors (Lipinski definition) is 1. The van der Waals surface area contributed by atoms with Gasteiger partial charge in [-0.2, -0.15) is 0 Å². The summed E-state index contributed by atoms with van der Waals surface area (Å²) in [6, 6.07) is 0.114. The number of rotatable bonds is 1. The molecule has 4 nitrogen and oxygen atoms in total. The first-order valence-corrected chi connectivity index (χ1v) is 9.75. The summed E-state index contributed by atoms with van der Waals surface area (Å²) in [6.45, 7) is 4.77. The molecule has 0 bridgehead atoms. The van der Waals surface area contributed by atoms with Crippen molar-refractivity contribution >= 4 is 12.4 Å². The van der Waals surface area contributed by atoms with Crippen LogP contribution in [0, 0.1) is 44.6 Å². The second kappa shape index (κ2) is 6.12. The van der Waals surface area contributed by atoms with E-state index in [-0.39, 0.29) is 28.8 Å². The van der Waals surface area contributed by atoms with Gasteiger partial charge in [0.05, 0.1) is 0 Å². The van der Waals surface area contributed by atoms with Crippen LogP contribution in [0.1, 0.15) is 71.6 Å². The van der Waals surface area contributed by atoms with E-state index in [1.54, 1.807) is 0 Å². The lowest BCUT2D eigenvalue weighted by molar-refractivity contribution is -0.540. The Labute approximate surface area is 151 Å². The van der Waals surface area contributed by atoms with Crippen LogP contribution in [0.15, 0.2) is 0 Å². The number of fused-ring (bicyclic) bond motifs is 5. The number of halogens is 1. The predicted molar refractivity (Wildman–Crippen MR) is 97.7 cm³/mol. The van der Waals surface area contributed by atoms with E-state index < -0.39 is 0 Å². The van der Waals surface area contributed by atoms with Gasteiger partial charge in [0.1, 0.15) is 0 Å². The molecule has 0 aromatic carbocycles. The second-order valence-corrected chi connectivity index (χ2v) is 9.61. The normalized spacial score (nSPS) is 53.3. The summed E-state index contributed by atoms with van der Waals surface area (Å²) in [5, 5.41) is 11.5. The fourth-order valence-electron chi connectivity index (χ4n) is 7.61. The molecule has 8 atom stereocenters. The van der Waals surface area contributed by atoms with Crippen LogP contribution >= 0.6 is 12.4 Å². The molecule has 2 N–H and O–H groups in total. The lowest BCUT2D eigenvalue weighted by atomic mass is 9.45. The van der Waals surface area contributed by atoms with E-state index in [4.69, 9.17) is 5.73 Å². The van der Waals surface area contributed by atoms with Crippen molar-refractivity contribution in [2.24, 2.45) is 40.2 Å². The highest BCUT2D eigenvalue weighted by molar-refractivity contribution is 5.85. The second-order valence-electron chi connectivity index (χ2n) is 9.61. The summed E-state index contributed by atoms with van der Waals surface area (Å²) in [7, 11) is 0. The van der Waals surface area contributed by atoms with Gasteiger partial charge in [-0.25, -0.2) is 0 Å². The molecule has 4 rings (SSSR count). The standard InChI is InChI=1S/C19H32N2O2.ClH/c1-18-9-7-13(20)11-12(18)3-4-14-15-5-6-17(21(22)23)19(15,2)10-8-16(14)18;/h12-17H,3-11,20H2,1-2H3;1H/t12?,13?,14-,15-,16+,17?,18-,19-;/m0./s1. The van der Waals surface area contributed by atoms with Gasteiger partial charge in [0.2, 0.25) is 6.04 Å². The molecule has 4 aliphatic rings. The maximum absolute atomic E-state index is 11.5. The Balaban J connectivity index is 0.00000169. The van der Waals surface area contributed by atoms with E-state index in [9.17, 15) is 10.1 Å². The summed E-state index contributed by atoms with van der Waals surface area (Å²) in [6.07, 6.45) is 10.4. The van der Waals surface area contributed by atoms with Gasteiger partial charge in [-0.05, 0) is 80.5 Å². The van der Waals surface area contributed by atoms with Crippen LogP contribution in [-0.4, -0.2) is 17.0 Å². The molecule has 4 fully saturated rings. The van der Waals surface area contributed by atoms with Crippen molar-refractivity contribution in [2.45, 2.75) is 83.7 Å². The Morgan fingerprint density at radius 2 is 1.62 bits per heavy atom. The number of nitro groups is 1. The molecule has 0 radical (unpaired) electrons. The van der Waals surface area contributed by atoms with Gasteiger partial charge in [0.15, 0.2) is 0 Å². The maximum Gasteiger partial charge on any atom is 0.218 e. The summed E-state index contributed by atoms with van der Waals surface area (Å²) in [5.41, 5.74) is 6.66. The van der Waals surface area contributed by atoms with Gasteiger partial charge in [-0.3, -0.25) is 10.1 Å². The molecule has 4 saturated carbocycles. The minimum absolute atomic E-state index is 0. The third-order valence-electron chi connectivity index (χ3n) is 8.91. The van der Waals surface area contributed by atoms with E-state index in [1.165, 1.54) is 38.5 Å². The molecule has 4 aliphatic carbocycles. The van der Waals surface area contributed by atoms with Gasteiger partial charge < -0.3 is 5.73 Å². The third-order valence-corrected chi connectivity index (χ3v) is 8.91. The van der Waals surface area contributed by atoms with E-state index >= 15 is 0 Å². The van der Waals surface area contributed by atoms with Gasteiger partial charge in [-0.1, -0.05) is 13.8 Å². The fourth-order valence-corrected chi connectivity index (χ4v) is 7.61. The molecule has 138 valence electrons. The molecule has 0 amide bonds. The largest absolute Gasteiger partial charge is 0.328 e. The molecule has 0 aromatic heterocycles. The van der Waals surface area contributed by atoms with Crippen LogP contribution in [0.4, 0.5) is 0 Å². The van der Waals surface area contributed by atoms with Gasteiger partial charge in [-0.15, -0.1) is 12.4 Å². The van der Waals surface area contributed by atoms with E-state index in [1.807, 2.05) is 0 Å². The Bertz CT molecular complexity index is 516. The van der Waals surface area contributed by atoms with Crippen molar-refractivity contribution in [1.29, 1.82) is 0 Å². The minimum atomic E-state index is -0.293. The zero-order valence-electron chi connectivity index (χ0n) is 15.1. The van der Waals surface area contributed by atoms with Crippen molar-refractivity contribution in [2.75, 3.05) is 0 Å². The van der Waals surface area contributed by atoms with Gasteiger partial charge in [0.25, 0.3) is 0 Å². The number of nitrogens with zero attached hydrogens (tertiary/aromatic N) is 1. The first-order valence-electron chi connectivity index (χ1n) is 9.75. The molecule has 24 heavy (non-hydrogen) atoms. The molecule has 0 heterocycles. The molecular formula is C19H33ClN2O2. The van der Waals surface area contributed by atoms with Crippen LogP contribution in [-0.2, 0) is 0 Å². The van der Waals surface area contributed by atoms with Crippen molar-refractivity contribution in [3.8, 4) is 0 Å². The van der Waals surface area contributed by atoms with Gasteiger partial charge >= 0.3 is 0 Å². The average Bonchev–Trinajstić information content (AvgIpc) is 2.85. The van der Waals surface area contributed by atoms with Crippen LogP contribution in [0.5, 0.6) is 0 Å². The van der Waals surface area contributed by atoms with Crippen LogP contribution in [0.3, 0.4) is 0 Å². The monoisotopic (exact) mass is 356 g/mol. The molecule has 3 unspecified atom stereocenters. The third kappa shape index (κ3) is 2.43. The molecule has 0 saturated heterocycles. The van der Waals surface area contributed by atoms with E-state index in [0.29, 0.717) is 17.4 Å². The van der Waals surface area contributed by atoms with Crippen molar-refractivity contribution < 1.29 is 4.92 Å². The quantitative estimate of drug-likeness (QED) is 0.558. The van der Waals surface area contributed by atoms with Crippen molar-refractivity contribution in [3.05, 3.63) is 10.1 Å². The highest BCUT2D eigenvalue weighted by Crippen LogP contribution is 2.66. The topological polar surface area (TPSA) is 69.2 Å². The maximum atomic E-state index is 11.5. The van der Waals surface area contributed by atoms with Crippen molar-refractivity contribution in [1.82, 2.24) is 0 Å². The molecule has 0 aromatic rings. The Morgan fingerprint density at radius 1 is 0.958 bits per heavy atom. The zero-order valence-corrected chi connectivity index (χ0v) is 15.9. The van der Waals surface area contributed by atoms with Crippen LogP contribution in [0.25, 0.3) is 0 Å². The van der Waals surface area contributed by atoms with Crippen LogP contribution in [0.2, 0.25) is 0 Å². The van der Waals surface area contributed by atoms with Crippen LogP contribution < -0.4 is 5.73 Å². The first-order chi connectivity index (χ1) is 10.9.